The molecule has 1 saturated heterocycles. The van der Waals surface area contributed by atoms with Gasteiger partial charge in [-0.1, -0.05) is 29.8 Å². The summed E-state index contributed by atoms with van der Waals surface area (Å²) < 4.78 is 40.4. The molecule has 0 aliphatic carbocycles. The highest BCUT2D eigenvalue weighted by molar-refractivity contribution is 7.89. The summed E-state index contributed by atoms with van der Waals surface area (Å²) in [6.07, 6.45) is 0.880. The monoisotopic (exact) mass is 438 g/mol. The van der Waals surface area contributed by atoms with Gasteiger partial charge < -0.3 is 4.90 Å². The van der Waals surface area contributed by atoms with Crippen molar-refractivity contribution in [2.75, 3.05) is 24.5 Å². The van der Waals surface area contributed by atoms with Crippen molar-refractivity contribution in [2.24, 2.45) is 5.92 Å². The number of aryl methyl sites for hydroxylation is 1. The number of carbonyl (C=O) groups is 1. The van der Waals surface area contributed by atoms with Gasteiger partial charge in [-0.2, -0.15) is 4.31 Å². The van der Waals surface area contributed by atoms with Crippen molar-refractivity contribution >= 4 is 33.2 Å². The lowest BCUT2D eigenvalue weighted by Crippen LogP contribution is -2.44. The van der Waals surface area contributed by atoms with Crippen LogP contribution in [0.4, 0.5) is 10.1 Å². The van der Waals surface area contributed by atoms with Crippen molar-refractivity contribution in [3.8, 4) is 0 Å². The molecule has 29 heavy (non-hydrogen) atoms. The van der Waals surface area contributed by atoms with Crippen LogP contribution < -0.4 is 4.90 Å². The first-order valence-electron chi connectivity index (χ1n) is 9.58. The molecule has 0 saturated carbocycles. The second-order valence-electron chi connectivity index (χ2n) is 7.12. The van der Waals surface area contributed by atoms with Crippen molar-refractivity contribution in [2.45, 2.75) is 31.6 Å². The molecule has 1 aliphatic heterocycles. The maximum Gasteiger partial charge on any atom is 0.243 e. The molecule has 1 heterocycles. The number of halogens is 2. The van der Waals surface area contributed by atoms with Crippen LogP contribution in [-0.2, 0) is 14.8 Å². The number of rotatable bonds is 5. The van der Waals surface area contributed by atoms with Gasteiger partial charge in [-0.15, -0.1) is 0 Å². The Morgan fingerprint density at radius 1 is 1.21 bits per heavy atom. The minimum Gasteiger partial charge on any atom is -0.312 e. The van der Waals surface area contributed by atoms with E-state index in [2.05, 4.69) is 0 Å². The van der Waals surface area contributed by atoms with Gasteiger partial charge in [0.15, 0.2) is 0 Å². The van der Waals surface area contributed by atoms with E-state index in [1.807, 2.05) is 38.1 Å². The number of hydrogen-bond acceptors (Lipinski definition) is 3. The molecular weight excluding hydrogens is 415 g/mol. The molecule has 156 valence electrons. The van der Waals surface area contributed by atoms with Crippen LogP contribution in [0.5, 0.6) is 0 Å². The first kappa shape index (κ1) is 21.7. The standard InChI is InChI=1S/C21H24ClFN2O3S/c1-3-25(20-7-5-4-6-15(20)2)21(26)16-10-12-24(13-11-16)29(27,28)17-8-9-19(23)18(22)14-17/h4-9,14,16H,3,10-13H2,1-2H3. The molecule has 0 unspecified atom stereocenters. The molecule has 2 aromatic rings. The molecule has 0 radical (unpaired) electrons. The predicted molar refractivity (Wildman–Crippen MR) is 112 cm³/mol. The maximum atomic E-state index is 13.4. The van der Waals surface area contributed by atoms with E-state index in [1.165, 1.54) is 10.4 Å². The van der Waals surface area contributed by atoms with E-state index in [-0.39, 0.29) is 34.8 Å². The number of piperidine rings is 1. The van der Waals surface area contributed by atoms with E-state index >= 15 is 0 Å². The average Bonchev–Trinajstić information content (AvgIpc) is 2.72. The summed E-state index contributed by atoms with van der Waals surface area (Å²) in [5, 5.41) is -0.229. The van der Waals surface area contributed by atoms with Gasteiger partial charge in [-0.3, -0.25) is 4.79 Å². The molecule has 0 atom stereocenters. The Labute approximate surface area is 176 Å². The third-order valence-electron chi connectivity index (χ3n) is 5.32. The zero-order valence-electron chi connectivity index (χ0n) is 16.4. The summed E-state index contributed by atoms with van der Waals surface area (Å²) in [4.78, 5) is 14.8. The van der Waals surface area contributed by atoms with Crippen LogP contribution in [0, 0.1) is 18.7 Å². The van der Waals surface area contributed by atoms with Crippen molar-refractivity contribution in [1.82, 2.24) is 4.31 Å². The highest BCUT2D eigenvalue weighted by Gasteiger charge is 2.34. The third kappa shape index (κ3) is 4.47. The van der Waals surface area contributed by atoms with Crippen molar-refractivity contribution in [3.63, 3.8) is 0 Å². The Morgan fingerprint density at radius 2 is 1.86 bits per heavy atom. The minimum atomic E-state index is -3.78. The molecule has 1 aliphatic rings. The topological polar surface area (TPSA) is 57.7 Å². The maximum absolute atomic E-state index is 13.4. The quantitative estimate of drug-likeness (QED) is 0.701. The molecular formula is C21H24ClFN2O3S. The van der Waals surface area contributed by atoms with E-state index in [4.69, 9.17) is 11.6 Å². The fourth-order valence-electron chi connectivity index (χ4n) is 3.66. The molecule has 0 N–H and O–H groups in total. The Bertz CT molecular complexity index is 1000. The largest absolute Gasteiger partial charge is 0.312 e. The first-order valence-corrected chi connectivity index (χ1v) is 11.4. The van der Waals surface area contributed by atoms with Crippen LogP contribution in [0.1, 0.15) is 25.3 Å². The highest BCUT2D eigenvalue weighted by Crippen LogP contribution is 2.29. The average molecular weight is 439 g/mol. The number of hydrogen-bond donors (Lipinski definition) is 0. The smallest absolute Gasteiger partial charge is 0.243 e. The van der Waals surface area contributed by atoms with Gasteiger partial charge in [0.05, 0.1) is 9.92 Å². The highest BCUT2D eigenvalue weighted by atomic mass is 35.5. The zero-order chi connectivity index (χ0) is 21.2. The van der Waals surface area contributed by atoms with Crippen LogP contribution in [0.3, 0.4) is 0 Å². The number of nitrogens with zero attached hydrogens (tertiary/aromatic N) is 2. The Balaban J connectivity index is 1.71. The SMILES string of the molecule is CCN(C(=O)C1CCN(S(=O)(=O)c2ccc(F)c(Cl)c2)CC1)c1ccccc1C. The van der Waals surface area contributed by atoms with Gasteiger partial charge >= 0.3 is 0 Å². The molecule has 3 rings (SSSR count). The van der Waals surface area contributed by atoms with Crippen LogP contribution in [-0.4, -0.2) is 38.3 Å². The Morgan fingerprint density at radius 3 is 2.45 bits per heavy atom. The third-order valence-corrected chi connectivity index (χ3v) is 7.50. The van der Waals surface area contributed by atoms with E-state index in [0.29, 0.717) is 19.4 Å². The Kier molecular flexibility index (Phi) is 6.61. The van der Waals surface area contributed by atoms with E-state index in [1.54, 1.807) is 4.90 Å². The van der Waals surface area contributed by atoms with Crippen molar-refractivity contribution < 1.29 is 17.6 Å². The van der Waals surface area contributed by atoms with Gasteiger partial charge in [-0.05, 0) is 56.5 Å². The summed E-state index contributed by atoms with van der Waals surface area (Å²) in [6, 6.07) is 11.1. The number of benzene rings is 2. The first-order chi connectivity index (χ1) is 13.8. The van der Waals surface area contributed by atoms with Gasteiger partial charge in [0.25, 0.3) is 0 Å². The summed E-state index contributed by atoms with van der Waals surface area (Å²) in [5.74, 6) is -0.882. The fraction of sp³-hybridized carbons (Fsp3) is 0.381. The minimum absolute atomic E-state index is 0.0173. The zero-order valence-corrected chi connectivity index (χ0v) is 18.0. The molecule has 8 heteroatoms. The Hall–Kier alpha value is -1.96. The van der Waals surface area contributed by atoms with Crippen LogP contribution in [0.25, 0.3) is 0 Å². The summed E-state index contributed by atoms with van der Waals surface area (Å²) in [7, 11) is -3.78. The van der Waals surface area contributed by atoms with Gasteiger partial charge in [-0.25, -0.2) is 12.8 Å². The van der Waals surface area contributed by atoms with Crippen LogP contribution in [0.15, 0.2) is 47.4 Å². The number of carbonyl (C=O) groups excluding carboxylic acids is 1. The number of para-hydroxylation sites is 1. The lowest BCUT2D eigenvalue weighted by Gasteiger charge is -2.33. The van der Waals surface area contributed by atoms with Crippen molar-refractivity contribution in [1.29, 1.82) is 0 Å². The lowest BCUT2D eigenvalue weighted by atomic mass is 9.96. The molecule has 2 aromatic carbocycles. The summed E-state index contributed by atoms with van der Waals surface area (Å²) in [6.45, 7) is 4.92. The number of sulfonamides is 1. The number of amides is 1. The van der Waals surface area contributed by atoms with Gasteiger partial charge in [0.1, 0.15) is 5.82 Å². The van der Waals surface area contributed by atoms with Crippen LogP contribution in [0.2, 0.25) is 5.02 Å². The fourth-order valence-corrected chi connectivity index (χ4v) is 5.40. The van der Waals surface area contributed by atoms with E-state index < -0.39 is 15.8 Å². The van der Waals surface area contributed by atoms with E-state index in [9.17, 15) is 17.6 Å². The number of anilines is 1. The molecule has 0 spiro atoms. The second-order valence-corrected chi connectivity index (χ2v) is 9.47. The molecule has 0 bridgehead atoms. The lowest BCUT2D eigenvalue weighted by molar-refractivity contribution is -0.123. The summed E-state index contributed by atoms with van der Waals surface area (Å²) in [5.41, 5.74) is 1.91. The van der Waals surface area contributed by atoms with Gasteiger partial charge in [0.2, 0.25) is 15.9 Å². The normalized spacial score (nSPS) is 16.0. The molecule has 1 amide bonds. The molecule has 0 aromatic heterocycles. The van der Waals surface area contributed by atoms with Crippen molar-refractivity contribution in [3.05, 3.63) is 58.9 Å². The van der Waals surface area contributed by atoms with E-state index in [0.717, 1.165) is 23.4 Å². The predicted octanol–water partition coefficient (Wildman–Crippen LogP) is 4.24. The summed E-state index contributed by atoms with van der Waals surface area (Å²) >= 11 is 5.74. The van der Waals surface area contributed by atoms with Gasteiger partial charge in [0, 0.05) is 31.2 Å². The second kappa shape index (κ2) is 8.81. The molecule has 5 nitrogen and oxygen atoms in total. The van der Waals surface area contributed by atoms with Crippen LogP contribution >= 0.6 is 11.6 Å². The molecule has 1 fully saturated rings.